The molecule has 1 saturated carbocycles. The lowest BCUT2D eigenvalue weighted by Crippen LogP contribution is -2.49. The molecule has 0 spiro atoms. The number of carbonyl (C=O) groups is 1. The molecular formula is C13H24N2O5S. The van der Waals surface area contributed by atoms with Crippen LogP contribution >= 0.6 is 0 Å². The number of piperidine rings is 1. The van der Waals surface area contributed by atoms with Gasteiger partial charge in [-0.3, -0.25) is 4.79 Å². The quantitative estimate of drug-likeness (QED) is 0.669. The summed E-state index contributed by atoms with van der Waals surface area (Å²) in [5.74, 6) is -1.62. The molecule has 3 unspecified atom stereocenters. The minimum Gasteiger partial charge on any atom is -0.481 e. The lowest BCUT2D eigenvalue weighted by molar-refractivity contribution is -0.142. The van der Waals surface area contributed by atoms with Crippen LogP contribution in [0.5, 0.6) is 0 Å². The van der Waals surface area contributed by atoms with Crippen LogP contribution in [-0.2, 0) is 15.0 Å². The summed E-state index contributed by atoms with van der Waals surface area (Å²) in [7, 11) is -3.66. The Labute approximate surface area is 125 Å². The molecule has 2 fully saturated rings. The van der Waals surface area contributed by atoms with Crippen molar-refractivity contribution in [2.75, 3.05) is 19.6 Å². The van der Waals surface area contributed by atoms with Gasteiger partial charge >= 0.3 is 5.97 Å². The minimum atomic E-state index is -3.66. The van der Waals surface area contributed by atoms with Crippen molar-refractivity contribution in [3.63, 3.8) is 0 Å². The van der Waals surface area contributed by atoms with Crippen LogP contribution in [0.3, 0.4) is 0 Å². The van der Waals surface area contributed by atoms with E-state index < -0.39 is 28.2 Å². The average molecular weight is 320 g/mol. The van der Waals surface area contributed by atoms with Crippen LogP contribution in [0, 0.1) is 11.8 Å². The van der Waals surface area contributed by atoms with Crippen molar-refractivity contribution in [3.05, 3.63) is 0 Å². The molecule has 1 aliphatic carbocycles. The van der Waals surface area contributed by atoms with Gasteiger partial charge in [0.2, 0.25) is 0 Å². The van der Waals surface area contributed by atoms with E-state index in [1.165, 1.54) is 4.31 Å². The van der Waals surface area contributed by atoms with Crippen LogP contribution in [0.15, 0.2) is 0 Å². The Balaban J connectivity index is 1.90. The highest BCUT2D eigenvalue weighted by molar-refractivity contribution is 7.87. The highest BCUT2D eigenvalue weighted by Gasteiger charge is 2.33. The van der Waals surface area contributed by atoms with Gasteiger partial charge in [0.25, 0.3) is 10.2 Å². The number of aliphatic hydroxyl groups is 1. The number of rotatable bonds is 5. The molecule has 1 aliphatic heterocycles. The Morgan fingerprint density at radius 2 is 1.90 bits per heavy atom. The predicted octanol–water partition coefficient (Wildman–Crippen LogP) is 0.169. The first-order valence-corrected chi connectivity index (χ1v) is 9.00. The average Bonchev–Trinajstić information content (AvgIpc) is 2.46. The van der Waals surface area contributed by atoms with Crippen LogP contribution in [-0.4, -0.2) is 54.6 Å². The molecule has 3 atom stereocenters. The van der Waals surface area contributed by atoms with E-state index in [4.69, 9.17) is 5.11 Å². The second-order valence-electron chi connectivity index (χ2n) is 6.00. The van der Waals surface area contributed by atoms with Gasteiger partial charge in [0.15, 0.2) is 0 Å². The van der Waals surface area contributed by atoms with E-state index >= 15 is 0 Å². The van der Waals surface area contributed by atoms with Gasteiger partial charge < -0.3 is 10.2 Å². The summed E-state index contributed by atoms with van der Waals surface area (Å²) in [6, 6.07) is 0. The molecule has 122 valence electrons. The zero-order valence-corrected chi connectivity index (χ0v) is 12.9. The number of nitrogens with one attached hydrogen (secondary N) is 1. The molecule has 2 aliphatic rings. The topological polar surface area (TPSA) is 107 Å². The Kier molecular flexibility index (Phi) is 5.59. The van der Waals surface area contributed by atoms with Crippen LogP contribution < -0.4 is 4.72 Å². The second-order valence-corrected chi connectivity index (χ2v) is 7.76. The fourth-order valence-corrected chi connectivity index (χ4v) is 4.45. The van der Waals surface area contributed by atoms with E-state index in [0.29, 0.717) is 19.4 Å². The summed E-state index contributed by atoms with van der Waals surface area (Å²) in [5.41, 5.74) is 0. The molecule has 0 amide bonds. The standard InChI is InChI=1S/C13H24N2O5S/c16-12-6-2-1-4-10(12)8-14-21(19,20)15-7-3-5-11(9-15)13(17)18/h10-12,14,16H,1-9H2,(H,17,18). The number of hydrogen-bond donors (Lipinski definition) is 3. The van der Waals surface area contributed by atoms with E-state index in [1.54, 1.807) is 0 Å². The van der Waals surface area contributed by atoms with E-state index in [0.717, 1.165) is 25.7 Å². The predicted molar refractivity (Wildman–Crippen MR) is 76.8 cm³/mol. The SMILES string of the molecule is O=C(O)C1CCCN(S(=O)(=O)NCC2CCCCC2O)C1. The fourth-order valence-electron chi connectivity index (χ4n) is 3.09. The molecule has 8 heteroatoms. The smallest absolute Gasteiger partial charge is 0.307 e. The Morgan fingerprint density at radius 3 is 2.57 bits per heavy atom. The molecule has 1 saturated heterocycles. The molecule has 0 aromatic heterocycles. The fraction of sp³-hybridized carbons (Fsp3) is 0.923. The van der Waals surface area contributed by atoms with Crippen LogP contribution in [0.1, 0.15) is 38.5 Å². The largest absolute Gasteiger partial charge is 0.481 e. The number of aliphatic carboxylic acids is 1. The first-order chi connectivity index (χ1) is 9.90. The van der Waals surface area contributed by atoms with Gasteiger partial charge in [-0.05, 0) is 31.6 Å². The molecule has 0 aromatic rings. The second kappa shape index (κ2) is 7.04. The number of carboxylic acid groups (broad SMARTS) is 1. The van der Waals surface area contributed by atoms with Gasteiger partial charge in [0.1, 0.15) is 0 Å². The molecule has 3 N–H and O–H groups in total. The maximum Gasteiger partial charge on any atom is 0.307 e. The summed E-state index contributed by atoms with van der Waals surface area (Å²) >= 11 is 0. The molecule has 7 nitrogen and oxygen atoms in total. The normalized spacial score (nSPS) is 32.0. The first kappa shape index (κ1) is 16.7. The summed E-state index contributed by atoms with van der Waals surface area (Å²) in [6.45, 7) is 0.599. The maximum absolute atomic E-state index is 12.2. The van der Waals surface area contributed by atoms with Crippen molar-refractivity contribution in [3.8, 4) is 0 Å². The monoisotopic (exact) mass is 320 g/mol. The number of carboxylic acids is 1. The van der Waals surface area contributed by atoms with Crippen LogP contribution in [0.4, 0.5) is 0 Å². The highest BCUT2D eigenvalue weighted by Crippen LogP contribution is 2.24. The third kappa shape index (κ3) is 4.38. The van der Waals surface area contributed by atoms with E-state index in [1.807, 2.05) is 0 Å². The summed E-state index contributed by atoms with van der Waals surface area (Å²) < 4.78 is 28.2. The Morgan fingerprint density at radius 1 is 1.19 bits per heavy atom. The maximum atomic E-state index is 12.2. The number of aliphatic hydroxyl groups excluding tert-OH is 1. The van der Waals surface area contributed by atoms with Crippen LogP contribution in [0.25, 0.3) is 0 Å². The van der Waals surface area contributed by atoms with Gasteiger partial charge in [0.05, 0.1) is 12.0 Å². The molecule has 1 heterocycles. The first-order valence-electron chi connectivity index (χ1n) is 7.56. The van der Waals surface area contributed by atoms with Crippen LogP contribution in [0.2, 0.25) is 0 Å². The third-order valence-electron chi connectivity index (χ3n) is 4.47. The summed E-state index contributed by atoms with van der Waals surface area (Å²) in [5, 5.41) is 18.9. The van der Waals surface area contributed by atoms with Crippen molar-refractivity contribution in [2.24, 2.45) is 11.8 Å². The summed E-state index contributed by atoms with van der Waals surface area (Å²) in [6.07, 6.45) is 4.16. The number of hydrogen-bond acceptors (Lipinski definition) is 4. The highest BCUT2D eigenvalue weighted by atomic mass is 32.2. The number of nitrogens with zero attached hydrogens (tertiary/aromatic N) is 1. The lowest BCUT2D eigenvalue weighted by Gasteiger charge is -2.32. The van der Waals surface area contributed by atoms with Crippen molar-refractivity contribution >= 4 is 16.2 Å². The lowest BCUT2D eigenvalue weighted by atomic mass is 9.87. The van der Waals surface area contributed by atoms with E-state index in [9.17, 15) is 18.3 Å². The molecule has 21 heavy (non-hydrogen) atoms. The van der Waals surface area contributed by atoms with Crippen molar-refractivity contribution in [1.82, 2.24) is 9.03 Å². The molecule has 0 bridgehead atoms. The van der Waals surface area contributed by atoms with Crippen molar-refractivity contribution in [1.29, 1.82) is 0 Å². The summed E-state index contributed by atoms with van der Waals surface area (Å²) in [4.78, 5) is 11.0. The van der Waals surface area contributed by atoms with Gasteiger partial charge in [-0.15, -0.1) is 0 Å². The van der Waals surface area contributed by atoms with E-state index in [-0.39, 0.29) is 19.0 Å². The zero-order valence-electron chi connectivity index (χ0n) is 12.1. The van der Waals surface area contributed by atoms with Gasteiger partial charge in [-0.1, -0.05) is 12.8 Å². The van der Waals surface area contributed by atoms with Gasteiger partial charge in [0, 0.05) is 19.6 Å². The zero-order chi connectivity index (χ0) is 15.5. The van der Waals surface area contributed by atoms with Crippen molar-refractivity contribution in [2.45, 2.75) is 44.6 Å². The van der Waals surface area contributed by atoms with Gasteiger partial charge in [-0.25, -0.2) is 4.72 Å². The van der Waals surface area contributed by atoms with E-state index in [2.05, 4.69) is 4.72 Å². The third-order valence-corrected chi connectivity index (χ3v) is 6.01. The molecule has 0 radical (unpaired) electrons. The van der Waals surface area contributed by atoms with Gasteiger partial charge in [-0.2, -0.15) is 12.7 Å². The Hall–Kier alpha value is -0.700. The molecular weight excluding hydrogens is 296 g/mol. The Bertz CT molecular complexity index is 467. The molecule has 0 aromatic carbocycles. The minimum absolute atomic E-state index is 0.0257. The molecule has 2 rings (SSSR count). The van der Waals surface area contributed by atoms with Crippen molar-refractivity contribution < 1.29 is 23.4 Å².